The number of thiazole rings is 2. The standard InChI is InChI=1S/C17H10N4OS2/c22-15(13-9-23-16(20-13)11-3-1-5-18-7-11)14-10-24-17(21-14)12-4-2-6-19-8-12/h1-10H. The summed E-state index contributed by atoms with van der Waals surface area (Å²) >= 11 is 2.85. The zero-order valence-corrected chi connectivity index (χ0v) is 13.9. The van der Waals surface area contributed by atoms with E-state index in [0.29, 0.717) is 11.4 Å². The number of hydrogen-bond donors (Lipinski definition) is 0. The Balaban J connectivity index is 1.61. The van der Waals surface area contributed by atoms with Crippen molar-refractivity contribution in [2.24, 2.45) is 0 Å². The highest BCUT2D eigenvalue weighted by molar-refractivity contribution is 7.13. The second-order valence-electron chi connectivity index (χ2n) is 4.89. The molecule has 0 fully saturated rings. The van der Waals surface area contributed by atoms with E-state index < -0.39 is 0 Å². The number of ketones is 1. The van der Waals surface area contributed by atoms with E-state index in [1.807, 2.05) is 24.3 Å². The summed E-state index contributed by atoms with van der Waals surface area (Å²) in [4.78, 5) is 29.6. The van der Waals surface area contributed by atoms with Gasteiger partial charge >= 0.3 is 0 Å². The molecule has 0 N–H and O–H groups in total. The van der Waals surface area contributed by atoms with Gasteiger partial charge in [-0.1, -0.05) is 0 Å². The van der Waals surface area contributed by atoms with E-state index in [0.717, 1.165) is 21.1 Å². The molecule has 0 aromatic carbocycles. The van der Waals surface area contributed by atoms with E-state index in [4.69, 9.17) is 0 Å². The summed E-state index contributed by atoms with van der Waals surface area (Å²) in [5.41, 5.74) is 2.61. The molecule has 116 valence electrons. The van der Waals surface area contributed by atoms with Gasteiger partial charge in [0.15, 0.2) is 0 Å². The van der Waals surface area contributed by atoms with Crippen molar-refractivity contribution in [3.63, 3.8) is 0 Å². The first kappa shape index (κ1) is 14.8. The van der Waals surface area contributed by atoms with Gasteiger partial charge in [0.25, 0.3) is 0 Å². The third-order valence-electron chi connectivity index (χ3n) is 3.29. The minimum absolute atomic E-state index is 0.173. The van der Waals surface area contributed by atoms with Crippen LogP contribution in [0.15, 0.2) is 59.8 Å². The van der Waals surface area contributed by atoms with E-state index in [9.17, 15) is 4.79 Å². The molecule has 0 unspecified atom stereocenters. The normalized spacial score (nSPS) is 10.7. The van der Waals surface area contributed by atoms with Crippen LogP contribution in [0, 0.1) is 0 Å². The number of pyridine rings is 2. The van der Waals surface area contributed by atoms with Gasteiger partial charge in [0.2, 0.25) is 5.78 Å². The maximum absolute atomic E-state index is 12.6. The molecule has 0 bridgehead atoms. The Labute approximate surface area is 145 Å². The fraction of sp³-hybridized carbons (Fsp3) is 0. The van der Waals surface area contributed by atoms with Crippen molar-refractivity contribution in [2.75, 3.05) is 0 Å². The summed E-state index contributed by atoms with van der Waals surface area (Å²) in [6.45, 7) is 0. The number of carbonyl (C=O) groups is 1. The Bertz CT molecular complexity index is 900. The largest absolute Gasteiger partial charge is 0.285 e. The van der Waals surface area contributed by atoms with Crippen molar-refractivity contribution in [1.29, 1.82) is 0 Å². The molecule has 4 aromatic rings. The van der Waals surface area contributed by atoms with E-state index in [2.05, 4.69) is 19.9 Å². The molecule has 0 aliphatic rings. The highest BCUT2D eigenvalue weighted by atomic mass is 32.1. The molecule has 5 nitrogen and oxygen atoms in total. The van der Waals surface area contributed by atoms with Crippen molar-refractivity contribution in [2.45, 2.75) is 0 Å². The van der Waals surface area contributed by atoms with E-state index in [1.54, 1.807) is 35.5 Å². The summed E-state index contributed by atoms with van der Waals surface area (Å²) in [5, 5.41) is 5.06. The van der Waals surface area contributed by atoms with Crippen LogP contribution in [0.5, 0.6) is 0 Å². The van der Waals surface area contributed by atoms with Crippen molar-refractivity contribution in [3.05, 3.63) is 71.2 Å². The van der Waals surface area contributed by atoms with Crippen LogP contribution >= 0.6 is 22.7 Å². The van der Waals surface area contributed by atoms with Gasteiger partial charge in [0, 0.05) is 46.7 Å². The molecule has 0 aliphatic heterocycles. The van der Waals surface area contributed by atoms with Gasteiger partial charge in [0.1, 0.15) is 21.4 Å². The molecule has 0 saturated heterocycles. The van der Waals surface area contributed by atoms with E-state index >= 15 is 0 Å². The Morgan fingerprint density at radius 1 is 0.792 bits per heavy atom. The Morgan fingerprint density at radius 3 is 1.71 bits per heavy atom. The molecular formula is C17H10N4OS2. The second-order valence-corrected chi connectivity index (χ2v) is 6.60. The smallest absolute Gasteiger partial charge is 0.231 e. The molecule has 0 radical (unpaired) electrons. The average Bonchev–Trinajstić information content (AvgIpc) is 3.33. The fourth-order valence-corrected chi connectivity index (χ4v) is 3.71. The number of carbonyl (C=O) groups excluding carboxylic acids is 1. The molecular weight excluding hydrogens is 340 g/mol. The molecule has 7 heteroatoms. The second kappa shape index (κ2) is 6.38. The van der Waals surface area contributed by atoms with Gasteiger partial charge in [-0.05, 0) is 24.3 Å². The number of hydrogen-bond acceptors (Lipinski definition) is 7. The Kier molecular flexibility index (Phi) is 3.94. The third kappa shape index (κ3) is 2.86. The monoisotopic (exact) mass is 350 g/mol. The summed E-state index contributed by atoms with van der Waals surface area (Å²) in [6, 6.07) is 7.53. The predicted octanol–water partition coefficient (Wildman–Crippen LogP) is 3.95. The van der Waals surface area contributed by atoms with Crippen molar-refractivity contribution >= 4 is 28.5 Å². The molecule has 4 aromatic heterocycles. The molecule has 4 heterocycles. The lowest BCUT2D eigenvalue weighted by Crippen LogP contribution is -2.02. The van der Waals surface area contributed by atoms with Gasteiger partial charge in [0.05, 0.1) is 0 Å². The molecule has 24 heavy (non-hydrogen) atoms. The van der Waals surface area contributed by atoms with Gasteiger partial charge < -0.3 is 0 Å². The Morgan fingerprint density at radius 2 is 1.29 bits per heavy atom. The zero-order chi connectivity index (χ0) is 16.4. The van der Waals surface area contributed by atoms with Crippen LogP contribution in [0.2, 0.25) is 0 Å². The van der Waals surface area contributed by atoms with Crippen LogP contribution in [-0.2, 0) is 0 Å². The van der Waals surface area contributed by atoms with Crippen LogP contribution in [0.3, 0.4) is 0 Å². The summed E-state index contributed by atoms with van der Waals surface area (Å²) in [5.74, 6) is -0.173. The predicted molar refractivity (Wildman–Crippen MR) is 94.1 cm³/mol. The maximum Gasteiger partial charge on any atom is 0.231 e. The quantitative estimate of drug-likeness (QED) is 0.521. The molecule has 0 saturated carbocycles. The van der Waals surface area contributed by atoms with Crippen molar-refractivity contribution in [3.8, 4) is 21.1 Å². The number of nitrogens with zero attached hydrogens (tertiary/aromatic N) is 4. The highest BCUT2D eigenvalue weighted by Gasteiger charge is 2.17. The van der Waals surface area contributed by atoms with Gasteiger partial charge in [-0.3, -0.25) is 14.8 Å². The summed E-state index contributed by atoms with van der Waals surface area (Å²) in [7, 11) is 0. The molecule has 0 atom stereocenters. The van der Waals surface area contributed by atoms with Crippen LogP contribution < -0.4 is 0 Å². The lowest BCUT2D eigenvalue weighted by Gasteiger charge is -1.94. The van der Waals surface area contributed by atoms with E-state index in [1.165, 1.54) is 22.7 Å². The zero-order valence-electron chi connectivity index (χ0n) is 12.3. The van der Waals surface area contributed by atoms with Crippen LogP contribution in [0.4, 0.5) is 0 Å². The minimum atomic E-state index is -0.173. The van der Waals surface area contributed by atoms with Crippen LogP contribution in [0.25, 0.3) is 21.1 Å². The summed E-state index contributed by atoms with van der Waals surface area (Å²) in [6.07, 6.45) is 6.88. The van der Waals surface area contributed by atoms with Crippen LogP contribution in [-0.4, -0.2) is 25.7 Å². The average molecular weight is 350 g/mol. The van der Waals surface area contributed by atoms with E-state index in [-0.39, 0.29) is 5.78 Å². The molecule has 0 spiro atoms. The maximum atomic E-state index is 12.6. The summed E-state index contributed by atoms with van der Waals surface area (Å²) < 4.78 is 0. The Hall–Kier alpha value is -2.77. The van der Waals surface area contributed by atoms with Crippen molar-refractivity contribution < 1.29 is 4.79 Å². The lowest BCUT2D eigenvalue weighted by molar-refractivity contribution is 0.103. The van der Waals surface area contributed by atoms with Crippen LogP contribution in [0.1, 0.15) is 16.2 Å². The fourth-order valence-electron chi connectivity index (χ4n) is 2.13. The molecule has 0 aliphatic carbocycles. The first-order valence-corrected chi connectivity index (χ1v) is 8.84. The topological polar surface area (TPSA) is 68.6 Å². The van der Waals surface area contributed by atoms with Gasteiger partial charge in [-0.2, -0.15) is 0 Å². The molecule has 4 rings (SSSR count). The minimum Gasteiger partial charge on any atom is -0.285 e. The number of rotatable bonds is 4. The molecule has 0 amide bonds. The first-order chi connectivity index (χ1) is 11.8. The number of aromatic nitrogens is 4. The lowest BCUT2D eigenvalue weighted by atomic mass is 10.2. The first-order valence-electron chi connectivity index (χ1n) is 7.08. The van der Waals surface area contributed by atoms with Gasteiger partial charge in [-0.25, -0.2) is 9.97 Å². The SMILES string of the molecule is O=C(c1csc(-c2cccnc2)n1)c1csc(-c2cccnc2)n1. The highest BCUT2D eigenvalue weighted by Crippen LogP contribution is 2.26. The van der Waals surface area contributed by atoms with Gasteiger partial charge in [-0.15, -0.1) is 22.7 Å². The van der Waals surface area contributed by atoms with Crippen molar-refractivity contribution in [1.82, 2.24) is 19.9 Å². The third-order valence-corrected chi connectivity index (χ3v) is 5.07.